The van der Waals surface area contributed by atoms with Crippen molar-refractivity contribution in [2.45, 2.75) is 12.3 Å². The molecule has 94 valence electrons. The van der Waals surface area contributed by atoms with E-state index in [-0.39, 0.29) is 5.75 Å². The van der Waals surface area contributed by atoms with Crippen LogP contribution in [-0.2, 0) is 0 Å². The van der Waals surface area contributed by atoms with Crippen LogP contribution in [0.4, 0.5) is 18.9 Å². The van der Waals surface area contributed by atoms with Crippen LogP contribution in [0.25, 0.3) is 0 Å². The van der Waals surface area contributed by atoms with E-state index in [0.29, 0.717) is 0 Å². The first-order chi connectivity index (χ1) is 7.77. The van der Waals surface area contributed by atoms with E-state index in [2.05, 4.69) is 4.74 Å². The van der Waals surface area contributed by atoms with E-state index < -0.39 is 28.5 Å². The molecule has 0 bridgehead atoms. The number of aliphatic hydroxyl groups excluding tert-OH is 1. The lowest BCUT2D eigenvalue weighted by molar-refractivity contribution is -0.385. The van der Waals surface area contributed by atoms with Crippen LogP contribution in [0.2, 0.25) is 0 Å². The number of rotatable bonds is 3. The molecule has 0 aromatic heterocycles. The lowest BCUT2D eigenvalue weighted by atomic mass is 10.1. The summed E-state index contributed by atoms with van der Waals surface area (Å²) in [5, 5.41) is 19.4. The topological polar surface area (TPSA) is 72.6 Å². The lowest BCUT2D eigenvalue weighted by Crippen LogP contribution is -2.20. The Kier molecular flexibility index (Phi) is 3.56. The lowest BCUT2D eigenvalue weighted by Gasteiger charge is -2.17. The minimum absolute atomic E-state index is 0.385. The van der Waals surface area contributed by atoms with Gasteiger partial charge in [0.1, 0.15) is 5.75 Å². The van der Waals surface area contributed by atoms with E-state index in [1.807, 2.05) is 0 Å². The second kappa shape index (κ2) is 4.58. The summed E-state index contributed by atoms with van der Waals surface area (Å²) in [7, 11) is 1.06. The summed E-state index contributed by atoms with van der Waals surface area (Å²) >= 11 is 0. The first kappa shape index (κ1) is 13.2. The van der Waals surface area contributed by atoms with Crippen LogP contribution >= 0.6 is 0 Å². The van der Waals surface area contributed by atoms with Gasteiger partial charge in [-0.25, -0.2) is 0 Å². The number of benzene rings is 1. The van der Waals surface area contributed by atoms with Crippen molar-refractivity contribution in [2.75, 3.05) is 7.11 Å². The predicted octanol–water partition coefficient (Wildman–Crippen LogP) is 2.20. The number of methoxy groups -OCH3 is 1. The van der Waals surface area contributed by atoms with Gasteiger partial charge in [0, 0.05) is 11.6 Å². The maximum absolute atomic E-state index is 12.3. The van der Waals surface area contributed by atoms with Gasteiger partial charge in [-0.1, -0.05) is 0 Å². The minimum atomic E-state index is -4.86. The van der Waals surface area contributed by atoms with Gasteiger partial charge in [0.15, 0.2) is 6.10 Å². The van der Waals surface area contributed by atoms with Crippen LogP contribution < -0.4 is 4.74 Å². The van der Waals surface area contributed by atoms with Crippen molar-refractivity contribution in [3.63, 3.8) is 0 Å². The molecule has 1 aromatic carbocycles. The van der Waals surface area contributed by atoms with Crippen molar-refractivity contribution in [2.24, 2.45) is 0 Å². The zero-order valence-corrected chi connectivity index (χ0v) is 8.56. The third kappa shape index (κ3) is 2.84. The molecule has 1 aromatic rings. The molecular formula is C9H8F3NO4. The number of hydrogen-bond donors (Lipinski definition) is 1. The highest BCUT2D eigenvalue weighted by atomic mass is 19.4. The Balaban J connectivity index is 3.22. The molecule has 8 heteroatoms. The van der Waals surface area contributed by atoms with Gasteiger partial charge >= 0.3 is 6.18 Å². The first-order valence-corrected chi connectivity index (χ1v) is 4.34. The van der Waals surface area contributed by atoms with E-state index in [1.54, 1.807) is 0 Å². The third-order valence-corrected chi connectivity index (χ3v) is 2.03. The molecule has 0 heterocycles. The molecule has 0 radical (unpaired) electrons. The molecular weight excluding hydrogens is 243 g/mol. The van der Waals surface area contributed by atoms with Crippen LogP contribution in [0.5, 0.6) is 5.75 Å². The zero-order chi connectivity index (χ0) is 13.2. The zero-order valence-electron chi connectivity index (χ0n) is 8.56. The number of halogens is 3. The van der Waals surface area contributed by atoms with Crippen molar-refractivity contribution < 1.29 is 27.9 Å². The van der Waals surface area contributed by atoms with Gasteiger partial charge in [0.2, 0.25) is 0 Å². The molecule has 0 fully saturated rings. The Morgan fingerprint density at radius 2 is 2.06 bits per heavy atom. The Morgan fingerprint density at radius 1 is 1.47 bits per heavy atom. The number of aliphatic hydroxyl groups is 1. The van der Waals surface area contributed by atoms with Crippen LogP contribution in [0.3, 0.4) is 0 Å². The molecule has 1 atom stereocenters. The fraction of sp³-hybridized carbons (Fsp3) is 0.333. The molecule has 0 saturated heterocycles. The normalized spacial score (nSPS) is 13.2. The molecule has 0 saturated carbocycles. The van der Waals surface area contributed by atoms with Gasteiger partial charge in [-0.2, -0.15) is 13.2 Å². The van der Waals surface area contributed by atoms with Gasteiger partial charge in [0.05, 0.1) is 18.1 Å². The molecule has 0 aliphatic carbocycles. The predicted molar refractivity (Wildman–Crippen MR) is 50.7 cm³/mol. The molecule has 0 aliphatic heterocycles. The fourth-order valence-electron chi connectivity index (χ4n) is 1.22. The van der Waals surface area contributed by atoms with E-state index in [0.717, 1.165) is 25.3 Å². The molecule has 0 aliphatic rings. The number of ether oxygens (including phenoxy) is 1. The Morgan fingerprint density at radius 3 is 2.47 bits per heavy atom. The van der Waals surface area contributed by atoms with Gasteiger partial charge < -0.3 is 9.84 Å². The Labute approximate surface area is 93.6 Å². The maximum Gasteiger partial charge on any atom is 0.418 e. The third-order valence-electron chi connectivity index (χ3n) is 2.03. The average molecular weight is 251 g/mol. The number of non-ortho nitro benzene ring substituents is 1. The summed E-state index contributed by atoms with van der Waals surface area (Å²) in [5.74, 6) is -0.385. The summed E-state index contributed by atoms with van der Waals surface area (Å²) < 4.78 is 41.4. The van der Waals surface area contributed by atoms with Gasteiger partial charge in [0.25, 0.3) is 5.69 Å². The largest absolute Gasteiger partial charge is 0.496 e. The molecule has 17 heavy (non-hydrogen) atoms. The smallest absolute Gasteiger partial charge is 0.418 e. The van der Waals surface area contributed by atoms with Crippen molar-refractivity contribution in [3.05, 3.63) is 33.9 Å². The minimum Gasteiger partial charge on any atom is -0.496 e. The van der Waals surface area contributed by atoms with Gasteiger partial charge in [-0.15, -0.1) is 0 Å². The summed E-state index contributed by atoms with van der Waals surface area (Å²) in [6.07, 6.45) is -7.60. The molecule has 5 nitrogen and oxygen atoms in total. The first-order valence-electron chi connectivity index (χ1n) is 4.34. The quantitative estimate of drug-likeness (QED) is 0.660. The van der Waals surface area contributed by atoms with Crippen molar-refractivity contribution in [3.8, 4) is 5.75 Å². The van der Waals surface area contributed by atoms with Gasteiger partial charge in [-0.05, 0) is 6.07 Å². The fourth-order valence-corrected chi connectivity index (χ4v) is 1.22. The van der Waals surface area contributed by atoms with E-state index >= 15 is 0 Å². The van der Waals surface area contributed by atoms with Crippen LogP contribution in [0.1, 0.15) is 11.7 Å². The molecule has 0 amide bonds. The SMILES string of the molecule is COc1cc([N+](=O)[O-])ccc1[C@H](O)C(F)(F)F. The van der Waals surface area contributed by atoms with Crippen LogP contribution in [0, 0.1) is 10.1 Å². The van der Waals surface area contributed by atoms with E-state index in [1.165, 1.54) is 0 Å². The highest BCUT2D eigenvalue weighted by Gasteiger charge is 2.41. The summed E-state index contributed by atoms with van der Waals surface area (Å²) in [6, 6.07) is 2.51. The monoisotopic (exact) mass is 251 g/mol. The Hall–Kier alpha value is -1.83. The van der Waals surface area contributed by atoms with E-state index in [9.17, 15) is 23.3 Å². The van der Waals surface area contributed by atoms with Gasteiger partial charge in [-0.3, -0.25) is 10.1 Å². The molecule has 1 rings (SSSR count). The summed E-state index contributed by atoms with van der Waals surface area (Å²) in [5.41, 5.74) is -0.981. The van der Waals surface area contributed by atoms with E-state index in [4.69, 9.17) is 5.11 Å². The molecule has 0 unspecified atom stereocenters. The summed E-state index contributed by atoms with van der Waals surface area (Å²) in [4.78, 5) is 9.64. The number of nitrogens with zero attached hydrogens (tertiary/aromatic N) is 1. The number of nitro benzene ring substituents is 1. The highest BCUT2D eigenvalue weighted by molar-refractivity contribution is 5.45. The average Bonchev–Trinajstić information content (AvgIpc) is 2.25. The van der Waals surface area contributed by atoms with Crippen molar-refractivity contribution >= 4 is 5.69 Å². The second-order valence-corrected chi connectivity index (χ2v) is 3.13. The highest BCUT2D eigenvalue weighted by Crippen LogP contribution is 2.38. The summed E-state index contributed by atoms with van der Waals surface area (Å²) in [6.45, 7) is 0. The second-order valence-electron chi connectivity index (χ2n) is 3.13. The Bertz CT molecular complexity index is 433. The van der Waals surface area contributed by atoms with Crippen molar-refractivity contribution in [1.82, 2.24) is 0 Å². The number of alkyl halides is 3. The van der Waals surface area contributed by atoms with Crippen LogP contribution in [0.15, 0.2) is 18.2 Å². The standard InChI is InChI=1S/C9H8F3NO4/c1-17-7-4-5(13(15)16)2-3-6(7)8(14)9(10,11)12/h2-4,8,14H,1H3/t8-/m0/s1. The molecule has 1 N–H and O–H groups in total. The van der Waals surface area contributed by atoms with Crippen LogP contribution in [-0.4, -0.2) is 23.3 Å². The maximum atomic E-state index is 12.3. The van der Waals surface area contributed by atoms with Crippen molar-refractivity contribution in [1.29, 1.82) is 0 Å². The number of hydrogen-bond acceptors (Lipinski definition) is 4. The molecule has 0 spiro atoms. The number of nitro groups is 1.